The van der Waals surface area contributed by atoms with Crippen molar-refractivity contribution >= 4 is 34.8 Å². The second-order valence-electron chi connectivity index (χ2n) is 6.26. The molecule has 3 aromatic carbocycles. The minimum atomic E-state index is -0.734. The molecule has 0 bridgehead atoms. The van der Waals surface area contributed by atoms with Crippen molar-refractivity contribution < 1.29 is 14.3 Å². The van der Waals surface area contributed by atoms with Crippen LogP contribution in [0.3, 0.4) is 0 Å². The first-order valence-corrected chi connectivity index (χ1v) is 9.43. The van der Waals surface area contributed by atoms with E-state index >= 15 is 0 Å². The molecular formula is C22H19Cl2NO3. The second-order valence-corrected chi connectivity index (χ2v) is 7.11. The molecule has 144 valence electrons. The van der Waals surface area contributed by atoms with Crippen molar-refractivity contribution in [1.82, 2.24) is 0 Å². The molecule has 0 heterocycles. The number of anilines is 1. The fraction of sp³-hybridized carbons (Fsp3) is 0.136. The molecule has 6 heteroatoms. The summed E-state index contributed by atoms with van der Waals surface area (Å²) in [6, 6.07) is 19.7. The van der Waals surface area contributed by atoms with E-state index < -0.39 is 6.10 Å². The number of hydrogen-bond donors (Lipinski definition) is 1. The summed E-state index contributed by atoms with van der Waals surface area (Å²) in [7, 11) is 0. The average molecular weight is 416 g/mol. The number of benzene rings is 3. The molecule has 4 nitrogen and oxygen atoms in total. The SMILES string of the molecule is Cc1ccc(Oc2ccc(NC(=O)[C@H](C)Oc3ccc(Cl)cc3Cl)cc2)cc1. The van der Waals surface area contributed by atoms with Gasteiger partial charge in [-0.2, -0.15) is 0 Å². The maximum atomic E-state index is 12.4. The highest BCUT2D eigenvalue weighted by Gasteiger charge is 2.16. The fourth-order valence-electron chi connectivity index (χ4n) is 2.41. The van der Waals surface area contributed by atoms with Crippen LogP contribution in [0.5, 0.6) is 17.2 Å². The highest BCUT2D eigenvalue weighted by atomic mass is 35.5. The third kappa shape index (κ3) is 5.41. The molecule has 1 amide bonds. The van der Waals surface area contributed by atoms with Crippen LogP contribution in [0.1, 0.15) is 12.5 Å². The molecule has 0 aliphatic heterocycles. The van der Waals surface area contributed by atoms with Crippen LogP contribution in [0.15, 0.2) is 66.7 Å². The maximum Gasteiger partial charge on any atom is 0.265 e. The van der Waals surface area contributed by atoms with E-state index in [0.29, 0.717) is 27.2 Å². The standard InChI is InChI=1S/C22H19Cl2NO3/c1-14-3-8-18(9-4-14)28-19-10-6-17(7-11-19)25-22(26)15(2)27-21-12-5-16(23)13-20(21)24/h3-13,15H,1-2H3,(H,25,26)/t15-/m0/s1. The van der Waals surface area contributed by atoms with Gasteiger partial charge in [0.15, 0.2) is 6.10 Å². The summed E-state index contributed by atoms with van der Waals surface area (Å²) in [5.74, 6) is 1.54. The van der Waals surface area contributed by atoms with Gasteiger partial charge in [0.2, 0.25) is 0 Å². The van der Waals surface area contributed by atoms with E-state index in [9.17, 15) is 4.79 Å². The summed E-state index contributed by atoms with van der Waals surface area (Å²) in [5.41, 5.74) is 1.81. The Morgan fingerprint density at radius 2 is 1.54 bits per heavy atom. The van der Waals surface area contributed by atoms with Crippen molar-refractivity contribution in [2.24, 2.45) is 0 Å². The summed E-state index contributed by atoms with van der Waals surface area (Å²) < 4.78 is 11.4. The number of halogens is 2. The van der Waals surface area contributed by atoms with E-state index in [1.165, 1.54) is 5.56 Å². The predicted octanol–water partition coefficient (Wildman–Crippen LogP) is 6.50. The smallest absolute Gasteiger partial charge is 0.265 e. The van der Waals surface area contributed by atoms with Gasteiger partial charge in [0.25, 0.3) is 5.91 Å². The Morgan fingerprint density at radius 3 is 2.14 bits per heavy atom. The van der Waals surface area contributed by atoms with Crippen LogP contribution in [0.25, 0.3) is 0 Å². The molecule has 0 aromatic heterocycles. The molecule has 0 aliphatic carbocycles. The van der Waals surface area contributed by atoms with Crippen molar-refractivity contribution in [2.75, 3.05) is 5.32 Å². The maximum absolute atomic E-state index is 12.4. The van der Waals surface area contributed by atoms with Gasteiger partial charge in [-0.1, -0.05) is 40.9 Å². The Hall–Kier alpha value is -2.69. The number of carbonyl (C=O) groups excluding carboxylic acids is 1. The van der Waals surface area contributed by atoms with Crippen molar-refractivity contribution in [1.29, 1.82) is 0 Å². The minimum Gasteiger partial charge on any atom is -0.479 e. The Kier molecular flexibility index (Phi) is 6.45. The zero-order chi connectivity index (χ0) is 20.1. The zero-order valence-electron chi connectivity index (χ0n) is 15.4. The van der Waals surface area contributed by atoms with Crippen molar-refractivity contribution in [3.05, 3.63) is 82.3 Å². The van der Waals surface area contributed by atoms with E-state index in [4.69, 9.17) is 32.7 Å². The van der Waals surface area contributed by atoms with Gasteiger partial charge in [0.05, 0.1) is 5.02 Å². The molecule has 0 saturated heterocycles. The van der Waals surface area contributed by atoms with E-state index in [1.54, 1.807) is 49.4 Å². The van der Waals surface area contributed by atoms with Gasteiger partial charge in [0.1, 0.15) is 17.2 Å². The van der Waals surface area contributed by atoms with Crippen molar-refractivity contribution in [3.63, 3.8) is 0 Å². The number of nitrogens with one attached hydrogen (secondary N) is 1. The topological polar surface area (TPSA) is 47.6 Å². The van der Waals surface area contributed by atoms with Gasteiger partial charge in [-0.3, -0.25) is 4.79 Å². The molecule has 0 unspecified atom stereocenters. The van der Waals surface area contributed by atoms with Gasteiger partial charge >= 0.3 is 0 Å². The molecule has 0 saturated carbocycles. The molecule has 0 aliphatic rings. The van der Waals surface area contributed by atoms with E-state index in [1.807, 2.05) is 31.2 Å². The molecule has 0 spiro atoms. The lowest BCUT2D eigenvalue weighted by Crippen LogP contribution is -2.30. The van der Waals surface area contributed by atoms with Crippen LogP contribution in [0.4, 0.5) is 5.69 Å². The number of ether oxygens (including phenoxy) is 2. The predicted molar refractivity (Wildman–Crippen MR) is 113 cm³/mol. The zero-order valence-corrected chi connectivity index (χ0v) is 16.9. The van der Waals surface area contributed by atoms with Crippen LogP contribution in [0, 0.1) is 6.92 Å². The molecule has 1 N–H and O–H groups in total. The molecule has 3 aromatic rings. The first-order chi connectivity index (χ1) is 13.4. The van der Waals surface area contributed by atoms with Crippen LogP contribution in [0.2, 0.25) is 10.0 Å². The largest absolute Gasteiger partial charge is 0.479 e. The van der Waals surface area contributed by atoms with Gasteiger partial charge in [-0.15, -0.1) is 0 Å². The first-order valence-electron chi connectivity index (χ1n) is 8.68. The molecule has 3 rings (SSSR count). The summed E-state index contributed by atoms with van der Waals surface area (Å²) in [6.45, 7) is 3.67. The molecular weight excluding hydrogens is 397 g/mol. The second kappa shape index (κ2) is 9.00. The monoisotopic (exact) mass is 415 g/mol. The number of hydrogen-bond acceptors (Lipinski definition) is 3. The van der Waals surface area contributed by atoms with Gasteiger partial charge in [-0.25, -0.2) is 0 Å². The summed E-state index contributed by atoms with van der Waals surface area (Å²) >= 11 is 11.9. The van der Waals surface area contributed by atoms with Crippen LogP contribution >= 0.6 is 23.2 Å². The summed E-state index contributed by atoms with van der Waals surface area (Å²) in [4.78, 5) is 12.4. The molecule has 1 atom stereocenters. The van der Waals surface area contributed by atoms with Crippen LogP contribution in [-0.4, -0.2) is 12.0 Å². The number of rotatable bonds is 6. The van der Waals surface area contributed by atoms with Gasteiger partial charge < -0.3 is 14.8 Å². The quantitative estimate of drug-likeness (QED) is 0.499. The molecule has 0 fully saturated rings. The average Bonchev–Trinajstić information content (AvgIpc) is 2.67. The van der Waals surface area contributed by atoms with E-state index in [-0.39, 0.29) is 5.91 Å². The highest BCUT2D eigenvalue weighted by molar-refractivity contribution is 6.35. The Morgan fingerprint density at radius 1 is 0.929 bits per heavy atom. The summed E-state index contributed by atoms with van der Waals surface area (Å²) in [6.07, 6.45) is -0.734. The Labute approximate surface area is 174 Å². The van der Waals surface area contributed by atoms with E-state index in [2.05, 4.69) is 5.32 Å². The van der Waals surface area contributed by atoms with Gasteiger partial charge in [0, 0.05) is 10.7 Å². The Bertz CT molecular complexity index is 957. The van der Waals surface area contributed by atoms with Crippen LogP contribution in [-0.2, 0) is 4.79 Å². The number of carbonyl (C=O) groups is 1. The Balaban J connectivity index is 1.58. The lowest BCUT2D eigenvalue weighted by molar-refractivity contribution is -0.122. The third-order valence-corrected chi connectivity index (χ3v) is 4.48. The van der Waals surface area contributed by atoms with Crippen molar-refractivity contribution in [2.45, 2.75) is 20.0 Å². The molecule has 28 heavy (non-hydrogen) atoms. The highest BCUT2D eigenvalue weighted by Crippen LogP contribution is 2.28. The molecule has 0 radical (unpaired) electrons. The lowest BCUT2D eigenvalue weighted by atomic mass is 10.2. The fourth-order valence-corrected chi connectivity index (χ4v) is 2.86. The van der Waals surface area contributed by atoms with E-state index in [0.717, 1.165) is 5.75 Å². The summed E-state index contributed by atoms with van der Waals surface area (Å²) in [5, 5.41) is 3.66. The van der Waals surface area contributed by atoms with Gasteiger partial charge in [-0.05, 0) is 68.4 Å². The first kappa shape index (κ1) is 20.1. The van der Waals surface area contributed by atoms with Crippen LogP contribution < -0.4 is 14.8 Å². The number of aryl methyl sites for hydroxylation is 1. The number of amides is 1. The minimum absolute atomic E-state index is 0.293. The van der Waals surface area contributed by atoms with Crippen molar-refractivity contribution in [3.8, 4) is 17.2 Å². The lowest BCUT2D eigenvalue weighted by Gasteiger charge is -2.16. The third-order valence-electron chi connectivity index (χ3n) is 3.95. The normalized spacial score (nSPS) is 11.6.